The summed E-state index contributed by atoms with van der Waals surface area (Å²) in [5, 5.41) is 21.7. The van der Waals surface area contributed by atoms with Crippen molar-refractivity contribution in [2.24, 2.45) is 0 Å². The van der Waals surface area contributed by atoms with E-state index in [0.717, 1.165) is 96.3 Å². The van der Waals surface area contributed by atoms with E-state index in [1.54, 1.807) is 0 Å². The number of allylic oxidation sites excluding steroid dienone is 14. The van der Waals surface area contributed by atoms with E-state index in [1.165, 1.54) is 0 Å². The topological polar surface area (TPSA) is 169 Å². The van der Waals surface area contributed by atoms with Gasteiger partial charge in [-0.25, -0.2) is 9.36 Å². The monoisotopic (exact) mass is 791 g/mol. The van der Waals surface area contributed by atoms with Gasteiger partial charge < -0.3 is 25.2 Å². The molecule has 0 aromatic heterocycles. The van der Waals surface area contributed by atoms with Crippen molar-refractivity contribution in [3.05, 3.63) is 85.1 Å². The van der Waals surface area contributed by atoms with Crippen LogP contribution in [0.4, 0.5) is 0 Å². The number of carboxylic acids is 1. The molecule has 0 saturated carbocycles. The van der Waals surface area contributed by atoms with Crippen molar-refractivity contribution in [3.8, 4) is 0 Å². The van der Waals surface area contributed by atoms with E-state index >= 15 is 0 Å². The maximum Gasteiger partial charge on any atom is 0.472 e. The van der Waals surface area contributed by atoms with Crippen molar-refractivity contribution >= 4 is 25.7 Å². The molecular weight excluding hydrogens is 721 g/mol. The van der Waals surface area contributed by atoms with Crippen LogP contribution in [-0.2, 0) is 32.7 Å². The summed E-state index contributed by atoms with van der Waals surface area (Å²) >= 11 is 0. The molecule has 0 radical (unpaired) electrons. The van der Waals surface area contributed by atoms with E-state index in [-0.39, 0.29) is 12.8 Å². The molecule has 1 amide bonds. The van der Waals surface area contributed by atoms with Crippen LogP contribution in [-0.4, -0.2) is 64.9 Å². The van der Waals surface area contributed by atoms with Crippen LogP contribution < -0.4 is 5.32 Å². The number of ether oxygens (including phenoxy) is 1. The molecule has 0 aliphatic carbocycles. The highest BCUT2D eigenvalue weighted by Gasteiger charge is 2.28. The van der Waals surface area contributed by atoms with Gasteiger partial charge in [0.1, 0.15) is 12.7 Å². The van der Waals surface area contributed by atoms with E-state index in [1.807, 2.05) is 6.08 Å². The number of carboxylic acid groups (broad SMARTS) is 1. The molecule has 11 nitrogen and oxygen atoms in total. The van der Waals surface area contributed by atoms with Crippen LogP contribution in [0.2, 0.25) is 0 Å². The van der Waals surface area contributed by atoms with E-state index < -0.39 is 57.6 Å². The lowest BCUT2D eigenvalue weighted by molar-refractivity contribution is -0.147. The molecule has 12 heteroatoms. The normalized spacial score (nSPS) is 14.7. The van der Waals surface area contributed by atoms with Crippen LogP contribution in [0.1, 0.15) is 136 Å². The zero-order chi connectivity index (χ0) is 40.7. The van der Waals surface area contributed by atoms with Crippen LogP contribution >= 0.6 is 7.82 Å². The Bertz CT molecular complexity index is 1250. The highest BCUT2D eigenvalue weighted by atomic mass is 31.2. The van der Waals surface area contributed by atoms with Crippen molar-refractivity contribution in [3.63, 3.8) is 0 Å². The van der Waals surface area contributed by atoms with Crippen molar-refractivity contribution in [1.29, 1.82) is 0 Å². The summed E-state index contributed by atoms with van der Waals surface area (Å²) in [5.74, 6) is -2.46. The predicted molar refractivity (Wildman–Crippen MR) is 221 cm³/mol. The smallest absolute Gasteiger partial charge is 0.472 e. The molecule has 0 spiro atoms. The fraction of sp³-hybridized carbons (Fsp3) is 0.605. The van der Waals surface area contributed by atoms with Gasteiger partial charge in [-0.2, -0.15) is 0 Å². The summed E-state index contributed by atoms with van der Waals surface area (Å²) in [5.41, 5.74) is 0. The number of hydrogen-bond donors (Lipinski definition) is 4. The molecule has 55 heavy (non-hydrogen) atoms. The second kappa shape index (κ2) is 37.6. The fourth-order valence-electron chi connectivity index (χ4n) is 4.79. The number of amides is 1. The minimum Gasteiger partial charge on any atom is -0.480 e. The molecule has 3 atom stereocenters. The lowest BCUT2D eigenvalue weighted by atomic mass is 10.1. The number of hydrogen-bond acceptors (Lipinski definition) is 8. The first-order valence-corrected chi connectivity index (χ1v) is 21.6. The number of aliphatic carboxylic acids is 1. The van der Waals surface area contributed by atoms with Gasteiger partial charge in [-0.05, 0) is 83.5 Å². The van der Waals surface area contributed by atoms with E-state index in [0.29, 0.717) is 12.8 Å². The molecule has 312 valence electrons. The zero-order valence-corrected chi connectivity index (χ0v) is 34.3. The lowest BCUT2D eigenvalue weighted by Gasteiger charge is -2.18. The lowest BCUT2D eigenvalue weighted by Crippen LogP contribution is -2.43. The summed E-state index contributed by atoms with van der Waals surface area (Å²) in [6, 6.07) is -1.58. The number of rotatable bonds is 36. The summed E-state index contributed by atoms with van der Waals surface area (Å²) in [6.07, 6.45) is 44.8. The second-order valence-corrected chi connectivity index (χ2v) is 14.5. The van der Waals surface area contributed by atoms with Gasteiger partial charge in [-0.1, -0.05) is 125 Å². The van der Waals surface area contributed by atoms with Crippen LogP contribution in [0.3, 0.4) is 0 Å². The third kappa shape index (κ3) is 37.4. The van der Waals surface area contributed by atoms with E-state index in [4.69, 9.17) is 13.8 Å². The van der Waals surface area contributed by atoms with Gasteiger partial charge in [-0.3, -0.25) is 18.6 Å². The summed E-state index contributed by atoms with van der Waals surface area (Å²) in [4.78, 5) is 45.7. The molecule has 0 bridgehead atoms. The number of esters is 1. The fourth-order valence-corrected chi connectivity index (χ4v) is 5.56. The Balaban J connectivity index is 4.06. The van der Waals surface area contributed by atoms with Gasteiger partial charge >= 0.3 is 19.8 Å². The third-order valence-corrected chi connectivity index (χ3v) is 8.85. The van der Waals surface area contributed by atoms with Gasteiger partial charge in [0.25, 0.3) is 0 Å². The van der Waals surface area contributed by atoms with Crippen LogP contribution in [0.25, 0.3) is 0 Å². The summed E-state index contributed by atoms with van der Waals surface area (Å²) in [7, 11) is -4.77. The quantitative estimate of drug-likeness (QED) is 0.0207. The Labute approximate surface area is 331 Å². The molecule has 0 aliphatic heterocycles. The number of phosphoric ester groups is 1. The average molecular weight is 792 g/mol. The maximum absolute atomic E-state index is 12.3. The molecule has 0 aromatic rings. The number of carbonyl (C=O) groups is 3. The number of aliphatic hydroxyl groups is 1. The number of unbranched alkanes of at least 4 members (excludes halogenated alkanes) is 8. The number of phosphoric acid groups is 1. The first-order chi connectivity index (χ1) is 26.6. The molecule has 0 rings (SSSR count). The van der Waals surface area contributed by atoms with Gasteiger partial charge in [-0.15, -0.1) is 0 Å². The van der Waals surface area contributed by atoms with Crippen LogP contribution in [0.5, 0.6) is 0 Å². The van der Waals surface area contributed by atoms with Gasteiger partial charge in [0.15, 0.2) is 6.04 Å². The standard InChI is InChI=1S/C43H70NO10P/c1-3-5-7-9-11-13-15-16-17-18-19-20-21-22-23-24-25-26-28-30-32-34-41(46)44-40(43(48)49)38-54-55(50,51)53-37-39(45)36-52-42(47)35-33-31-29-27-14-12-10-8-6-4-2/h5,7-8,10-11,13,16-17,19-20,22-23,25-26,39-40,45H,3-4,6,9,12,14-15,18,21,24,27-38H2,1-2H3,(H,44,46)(H,48,49)(H,50,51)/b7-5-,10-8-,13-11-,17-16-,20-19-,23-22-,26-25-. The molecule has 4 N–H and O–H groups in total. The summed E-state index contributed by atoms with van der Waals surface area (Å²) < 4.78 is 26.7. The highest BCUT2D eigenvalue weighted by Crippen LogP contribution is 2.43. The van der Waals surface area contributed by atoms with Crippen LogP contribution in [0.15, 0.2) is 85.1 Å². The molecule has 0 aromatic carbocycles. The van der Waals surface area contributed by atoms with Crippen LogP contribution in [0, 0.1) is 0 Å². The average Bonchev–Trinajstić information content (AvgIpc) is 3.16. The Hall–Kier alpha value is -3.34. The second-order valence-electron chi connectivity index (χ2n) is 13.1. The molecule has 3 unspecified atom stereocenters. The molecule has 0 saturated heterocycles. The predicted octanol–water partition coefficient (Wildman–Crippen LogP) is 9.94. The minimum absolute atomic E-state index is 0.0849. The van der Waals surface area contributed by atoms with Gasteiger partial charge in [0.05, 0.1) is 13.2 Å². The molecular formula is C43H70NO10P. The number of carbonyl (C=O) groups excluding carboxylic acids is 2. The Morgan fingerprint density at radius 2 is 1.05 bits per heavy atom. The Morgan fingerprint density at radius 1 is 0.600 bits per heavy atom. The zero-order valence-electron chi connectivity index (χ0n) is 33.4. The van der Waals surface area contributed by atoms with Crippen molar-refractivity contribution in [2.75, 3.05) is 19.8 Å². The highest BCUT2D eigenvalue weighted by molar-refractivity contribution is 7.47. The minimum atomic E-state index is -4.77. The Kier molecular flexibility index (Phi) is 35.3. The van der Waals surface area contributed by atoms with Crippen molar-refractivity contribution < 1.29 is 47.8 Å². The first kappa shape index (κ1) is 51.7. The van der Waals surface area contributed by atoms with E-state index in [2.05, 4.69) is 98.2 Å². The third-order valence-electron chi connectivity index (χ3n) is 7.90. The Morgan fingerprint density at radius 3 is 1.62 bits per heavy atom. The molecule has 0 aliphatic rings. The molecule has 0 fully saturated rings. The summed E-state index contributed by atoms with van der Waals surface area (Å²) in [6.45, 7) is 2.34. The maximum atomic E-state index is 12.3. The number of aliphatic hydroxyl groups excluding tert-OH is 1. The van der Waals surface area contributed by atoms with Gasteiger partial charge in [0.2, 0.25) is 5.91 Å². The SMILES string of the molecule is CC/C=C\C/C=C\C/C=C\C/C=C\C/C=C\C/C=C\CCCCC(=O)NC(COP(=O)(O)OCC(O)COC(=O)CCCCCCC/C=C\CCC)C(=O)O. The first-order valence-electron chi connectivity index (χ1n) is 20.1. The van der Waals surface area contributed by atoms with Crippen molar-refractivity contribution in [2.45, 2.75) is 148 Å². The largest absolute Gasteiger partial charge is 0.480 e. The number of nitrogens with one attached hydrogen (secondary N) is 1. The van der Waals surface area contributed by atoms with E-state index in [9.17, 15) is 34.1 Å². The van der Waals surface area contributed by atoms with Crippen molar-refractivity contribution in [1.82, 2.24) is 5.32 Å². The van der Waals surface area contributed by atoms with Gasteiger partial charge in [0, 0.05) is 12.8 Å². The molecule has 0 heterocycles.